The third kappa shape index (κ3) is 6.17. The number of thioether (sulfide) groups is 1. The van der Waals surface area contributed by atoms with Crippen molar-refractivity contribution in [2.24, 2.45) is 10.9 Å². The van der Waals surface area contributed by atoms with Gasteiger partial charge in [-0.2, -0.15) is 11.8 Å². The van der Waals surface area contributed by atoms with E-state index >= 15 is 0 Å². The molecule has 0 atom stereocenters. The largest absolute Gasteiger partial charge is 0.409 e. The van der Waals surface area contributed by atoms with Gasteiger partial charge in [0.05, 0.1) is 0 Å². The second kappa shape index (κ2) is 8.64. The maximum atomic E-state index is 8.39. The number of nitrogens with zero attached hydrogens (tertiary/aromatic N) is 1. The lowest BCUT2D eigenvalue weighted by atomic mass is 9.95. The van der Waals surface area contributed by atoms with Gasteiger partial charge in [0.2, 0.25) is 0 Å². The first kappa shape index (κ1) is 14.6. The van der Waals surface area contributed by atoms with E-state index in [1.54, 1.807) is 0 Å². The summed E-state index contributed by atoms with van der Waals surface area (Å²) in [5, 5.41) is 15.8. The molecule has 0 radical (unpaired) electrons. The lowest BCUT2D eigenvalue weighted by Gasteiger charge is -2.28. The number of oxime groups is 1. The summed E-state index contributed by atoms with van der Waals surface area (Å²) in [4.78, 5) is 0. The fourth-order valence-electron chi connectivity index (χ4n) is 2.29. The molecule has 0 aromatic heterocycles. The van der Waals surface area contributed by atoms with E-state index in [0.717, 1.165) is 24.6 Å². The smallest absolute Gasteiger partial charge is 0.139 e. The molecule has 4 N–H and O–H groups in total. The predicted octanol–water partition coefficient (Wildman–Crippen LogP) is 2.17. The highest BCUT2D eigenvalue weighted by Gasteiger charge is 2.19. The number of hydrogen-bond donors (Lipinski definition) is 3. The van der Waals surface area contributed by atoms with Gasteiger partial charge in [-0.05, 0) is 51.3 Å². The Labute approximate surface area is 108 Å². The Morgan fingerprint density at radius 2 is 2.06 bits per heavy atom. The summed E-state index contributed by atoms with van der Waals surface area (Å²) in [5.41, 5.74) is 5.41. The third-order valence-corrected chi connectivity index (χ3v) is 4.57. The van der Waals surface area contributed by atoms with E-state index in [-0.39, 0.29) is 0 Å². The normalized spacial score (nSPS) is 26.1. The molecule has 0 saturated heterocycles. The minimum absolute atomic E-state index is 0.338. The highest BCUT2D eigenvalue weighted by Crippen LogP contribution is 2.26. The summed E-state index contributed by atoms with van der Waals surface area (Å²) < 4.78 is 0. The number of nitrogens with two attached hydrogens (primary N) is 1. The van der Waals surface area contributed by atoms with E-state index < -0.39 is 0 Å². The lowest BCUT2D eigenvalue weighted by molar-refractivity contribution is 0.316. The molecule has 5 heteroatoms. The Balaban J connectivity index is 1.97. The van der Waals surface area contributed by atoms with Gasteiger partial charge in [0, 0.05) is 17.7 Å². The van der Waals surface area contributed by atoms with Crippen LogP contribution in [-0.2, 0) is 0 Å². The summed E-state index contributed by atoms with van der Waals surface area (Å²) in [7, 11) is 0. The van der Waals surface area contributed by atoms with Crippen LogP contribution in [0.3, 0.4) is 0 Å². The Morgan fingerprint density at radius 3 is 2.65 bits per heavy atom. The molecule has 100 valence electrons. The summed E-state index contributed by atoms with van der Waals surface area (Å²) in [6.45, 7) is 1.05. The van der Waals surface area contributed by atoms with Crippen molar-refractivity contribution >= 4 is 17.6 Å². The molecule has 0 aromatic carbocycles. The molecule has 0 unspecified atom stereocenters. The van der Waals surface area contributed by atoms with E-state index in [4.69, 9.17) is 10.9 Å². The predicted molar refractivity (Wildman–Crippen MR) is 74.8 cm³/mol. The molecule has 1 aliphatic rings. The van der Waals surface area contributed by atoms with Crippen LogP contribution in [0.4, 0.5) is 0 Å². The van der Waals surface area contributed by atoms with Gasteiger partial charge in [-0.3, -0.25) is 0 Å². The van der Waals surface area contributed by atoms with Crippen molar-refractivity contribution in [3.63, 3.8) is 0 Å². The average molecular weight is 259 g/mol. The van der Waals surface area contributed by atoms with Crippen LogP contribution >= 0.6 is 11.8 Å². The van der Waals surface area contributed by atoms with E-state index in [9.17, 15) is 0 Å². The first-order chi connectivity index (χ1) is 8.26. The Morgan fingerprint density at radius 1 is 1.35 bits per heavy atom. The summed E-state index contributed by atoms with van der Waals surface area (Å²) in [6, 6.07) is 0.710. The van der Waals surface area contributed by atoms with Crippen LogP contribution in [0.15, 0.2) is 5.16 Å². The summed E-state index contributed by atoms with van der Waals surface area (Å²) >= 11 is 2.01. The van der Waals surface area contributed by atoms with Crippen LogP contribution in [0.5, 0.6) is 0 Å². The van der Waals surface area contributed by atoms with Gasteiger partial charge in [-0.1, -0.05) is 5.16 Å². The molecule has 1 aliphatic carbocycles. The molecule has 0 spiro atoms. The molecule has 17 heavy (non-hydrogen) atoms. The van der Waals surface area contributed by atoms with E-state index in [1.165, 1.54) is 25.7 Å². The van der Waals surface area contributed by atoms with Crippen molar-refractivity contribution in [1.29, 1.82) is 0 Å². The first-order valence-electron chi connectivity index (χ1n) is 6.49. The van der Waals surface area contributed by atoms with Crippen LogP contribution in [0, 0.1) is 0 Å². The SMILES string of the molecule is CSC1CCC(NCCCCC(N)=NO)CC1. The first-order valence-corrected chi connectivity index (χ1v) is 7.77. The van der Waals surface area contributed by atoms with Gasteiger partial charge in [0.25, 0.3) is 0 Å². The van der Waals surface area contributed by atoms with E-state index in [1.807, 2.05) is 11.8 Å². The van der Waals surface area contributed by atoms with Gasteiger partial charge in [0.1, 0.15) is 5.84 Å². The van der Waals surface area contributed by atoms with Crippen molar-refractivity contribution in [2.45, 2.75) is 56.2 Å². The molecule has 0 heterocycles. The van der Waals surface area contributed by atoms with Crippen LogP contribution in [0.25, 0.3) is 0 Å². The number of amidine groups is 1. The van der Waals surface area contributed by atoms with Crippen molar-refractivity contribution in [2.75, 3.05) is 12.8 Å². The zero-order valence-corrected chi connectivity index (χ0v) is 11.5. The maximum absolute atomic E-state index is 8.39. The van der Waals surface area contributed by atoms with Gasteiger partial charge in [0.15, 0.2) is 0 Å². The third-order valence-electron chi connectivity index (χ3n) is 3.43. The zero-order chi connectivity index (χ0) is 12.5. The fourth-order valence-corrected chi connectivity index (χ4v) is 3.03. The van der Waals surface area contributed by atoms with Crippen molar-refractivity contribution < 1.29 is 5.21 Å². The van der Waals surface area contributed by atoms with Gasteiger partial charge in [-0.15, -0.1) is 0 Å². The molecule has 0 bridgehead atoms. The van der Waals surface area contributed by atoms with Gasteiger partial charge < -0.3 is 16.3 Å². The summed E-state index contributed by atoms with van der Waals surface area (Å²) in [5.74, 6) is 0.338. The van der Waals surface area contributed by atoms with Crippen LogP contribution in [-0.4, -0.2) is 35.1 Å². The molecule has 0 aliphatic heterocycles. The quantitative estimate of drug-likeness (QED) is 0.215. The fraction of sp³-hybridized carbons (Fsp3) is 0.917. The van der Waals surface area contributed by atoms with Crippen LogP contribution < -0.4 is 11.1 Å². The second-order valence-electron chi connectivity index (χ2n) is 4.71. The maximum Gasteiger partial charge on any atom is 0.139 e. The zero-order valence-electron chi connectivity index (χ0n) is 10.7. The summed E-state index contributed by atoms with van der Waals surface area (Å²) in [6.07, 6.45) is 10.3. The van der Waals surface area contributed by atoms with E-state index in [0.29, 0.717) is 18.3 Å². The molecular weight excluding hydrogens is 234 g/mol. The topological polar surface area (TPSA) is 70.6 Å². The Bertz CT molecular complexity index is 228. The lowest BCUT2D eigenvalue weighted by Crippen LogP contribution is -2.34. The molecule has 1 fully saturated rings. The average Bonchev–Trinajstić information content (AvgIpc) is 2.38. The van der Waals surface area contributed by atoms with Crippen LogP contribution in [0.1, 0.15) is 44.9 Å². The minimum atomic E-state index is 0.338. The minimum Gasteiger partial charge on any atom is -0.409 e. The van der Waals surface area contributed by atoms with Gasteiger partial charge >= 0.3 is 0 Å². The van der Waals surface area contributed by atoms with Crippen molar-refractivity contribution in [3.05, 3.63) is 0 Å². The molecule has 0 amide bonds. The van der Waals surface area contributed by atoms with Crippen LogP contribution in [0.2, 0.25) is 0 Å². The molecule has 0 aromatic rings. The highest BCUT2D eigenvalue weighted by atomic mass is 32.2. The molecule has 1 rings (SSSR count). The number of unbranched alkanes of at least 4 members (excludes halogenated alkanes) is 1. The Kier molecular flexibility index (Phi) is 7.44. The number of rotatable bonds is 7. The molecule has 1 saturated carbocycles. The number of nitrogens with one attached hydrogen (secondary N) is 1. The monoisotopic (exact) mass is 259 g/mol. The van der Waals surface area contributed by atoms with Gasteiger partial charge in [-0.25, -0.2) is 0 Å². The standard InChI is InChI=1S/C12H25N3OS/c1-17-11-7-5-10(6-8-11)14-9-3-2-4-12(13)15-16/h10-11,14,16H,2-9H2,1H3,(H2,13,15). The van der Waals surface area contributed by atoms with E-state index in [2.05, 4.69) is 16.7 Å². The number of hydrogen-bond acceptors (Lipinski definition) is 4. The molecular formula is C12H25N3OS. The molecule has 4 nitrogen and oxygen atoms in total. The van der Waals surface area contributed by atoms with Crippen molar-refractivity contribution in [1.82, 2.24) is 5.32 Å². The van der Waals surface area contributed by atoms with Crippen molar-refractivity contribution in [3.8, 4) is 0 Å². The second-order valence-corrected chi connectivity index (χ2v) is 5.85. The highest BCUT2D eigenvalue weighted by molar-refractivity contribution is 7.99. The Hall–Kier alpha value is -0.420.